The molecule has 0 fully saturated rings. The normalized spacial score (nSPS) is 11.4. The van der Waals surface area contributed by atoms with Crippen LogP contribution in [0.25, 0.3) is 31.8 Å². The van der Waals surface area contributed by atoms with Gasteiger partial charge in [-0.3, -0.25) is 18.7 Å². The molecule has 60 heavy (non-hydrogen) atoms. The minimum absolute atomic E-state index is 0.126. The standard InChI is InChI=1S/C45H40N8O3S4/c1-45(2,60-44-51-48-40(37-15-10-26-57-37)53(44)27-30-11-6-4-7-12-30)42(55)47-34-20-18-32(19-21-34)36-24-25-38(59-36)41-49-50-43(52(41)28-31-16-22-35(56-3)23-17-31)58-29-39(54)46-33-13-8-5-9-14-33/h4-26H,27-29H2,1-3H3,(H,46,54)(H,47,55). The number of para-hydroxylation sites is 1. The van der Waals surface area contributed by atoms with Gasteiger partial charge in [-0.2, -0.15) is 0 Å². The summed E-state index contributed by atoms with van der Waals surface area (Å²) in [6.45, 7) is 4.89. The van der Waals surface area contributed by atoms with Crippen molar-refractivity contribution < 1.29 is 14.3 Å². The van der Waals surface area contributed by atoms with Crippen LogP contribution in [-0.2, 0) is 22.7 Å². The second-order valence-electron chi connectivity index (χ2n) is 14.1. The highest BCUT2D eigenvalue weighted by Crippen LogP contribution is 2.38. The molecule has 302 valence electrons. The molecule has 0 radical (unpaired) electrons. The topological polar surface area (TPSA) is 129 Å². The van der Waals surface area contributed by atoms with E-state index in [1.165, 1.54) is 23.5 Å². The first-order chi connectivity index (χ1) is 29.2. The fourth-order valence-corrected chi connectivity index (χ4v) is 9.63. The van der Waals surface area contributed by atoms with Gasteiger partial charge in [0, 0.05) is 16.3 Å². The van der Waals surface area contributed by atoms with Gasteiger partial charge in [-0.1, -0.05) is 102 Å². The number of nitrogens with one attached hydrogen (secondary N) is 2. The van der Waals surface area contributed by atoms with E-state index in [-0.39, 0.29) is 17.6 Å². The molecular formula is C45H40N8O3S4. The number of methoxy groups -OCH3 is 1. The van der Waals surface area contributed by atoms with Crippen LogP contribution >= 0.6 is 46.2 Å². The van der Waals surface area contributed by atoms with Crippen molar-refractivity contribution in [1.82, 2.24) is 29.5 Å². The molecule has 4 aromatic heterocycles. The molecule has 0 spiro atoms. The average Bonchev–Trinajstić information content (AvgIpc) is 4.10. The SMILES string of the molecule is COc1ccc(Cn2c(SCC(=O)Nc3ccccc3)nnc2-c2ccc(-c3ccc(NC(=O)C(C)(C)Sc4nnc(-c5cccs5)n4Cc4ccccc4)cc3)s2)cc1. The number of hydrogen-bond donors (Lipinski definition) is 2. The predicted molar refractivity (Wildman–Crippen MR) is 244 cm³/mol. The summed E-state index contributed by atoms with van der Waals surface area (Å²) in [6.07, 6.45) is 0. The van der Waals surface area contributed by atoms with Crippen molar-refractivity contribution in [3.05, 3.63) is 150 Å². The van der Waals surface area contributed by atoms with Crippen molar-refractivity contribution >= 4 is 69.4 Å². The minimum Gasteiger partial charge on any atom is -0.497 e. The smallest absolute Gasteiger partial charge is 0.240 e. The Morgan fingerprint density at radius 3 is 1.95 bits per heavy atom. The van der Waals surface area contributed by atoms with Gasteiger partial charge < -0.3 is 15.4 Å². The Hall–Kier alpha value is -6.00. The van der Waals surface area contributed by atoms with Crippen LogP contribution in [0.2, 0.25) is 0 Å². The molecule has 11 nitrogen and oxygen atoms in total. The van der Waals surface area contributed by atoms with Crippen LogP contribution in [0.4, 0.5) is 11.4 Å². The van der Waals surface area contributed by atoms with E-state index >= 15 is 0 Å². The largest absolute Gasteiger partial charge is 0.497 e. The van der Waals surface area contributed by atoms with E-state index in [9.17, 15) is 9.59 Å². The number of nitrogens with zero attached hydrogens (tertiary/aromatic N) is 6. The highest BCUT2D eigenvalue weighted by molar-refractivity contribution is 8.01. The van der Waals surface area contributed by atoms with Gasteiger partial charge in [0.05, 0.1) is 40.5 Å². The Labute approximate surface area is 364 Å². The highest BCUT2D eigenvalue weighted by Gasteiger charge is 2.32. The maximum Gasteiger partial charge on any atom is 0.240 e. The third-order valence-electron chi connectivity index (χ3n) is 9.40. The van der Waals surface area contributed by atoms with Gasteiger partial charge in [-0.05, 0) is 90.5 Å². The Morgan fingerprint density at radius 1 is 0.650 bits per heavy atom. The Balaban J connectivity index is 0.963. The second kappa shape index (κ2) is 18.5. The molecule has 2 amide bonds. The van der Waals surface area contributed by atoms with E-state index in [0.29, 0.717) is 34.9 Å². The highest BCUT2D eigenvalue weighted by atomic mass is 32.2. The minimum atomic E-state index is -0.861. The van der Waals surface area contributed by atoms with Crippen LogP contribution in [0.3, 0.4) is 0 Å². The number of amides is 2. The third-order valence-corrected chi connectivity index (χ3v) is 13.5. The van der Waals surface area contributed by atoms with Gasteiger partial charge in [0.2, 0.25) is 11.8 Å². The number of hydrogen-bond acceptors (Lipinski definition) is 11. The first-order valence-electron chi connectivity index (χ1n) is 19.0. The van der Waals surface area contributed by atoms with Gasteiger partial charge in [0.1, 0.15) is 5.75 Å². The molecule has 0 bridgehead atoms. The number of benzene rings is 4. The number of thioether (sulfide) groups is 2. The van der Waals surface area contributed by atoms with Gasteiger partial charge in [-0.25, -0.2) is 0 Å². The quantitative estimate of drug-likeness (QED) is 0.0912. The van der Waals surface area contributed by atoms with Crippen LogP contribution in [0.1, 0.15) is 25.0 Å². The van der Waals surface area contributed by atoms with Crippen molar-refractivity contribution in [3.8, 4) is 37.6 Å². The van der Waals surface area contributed by atoms with Crippen molar-refractivity contribution in [2.45, 2.75) is 42.0 Å². The molecule has 0 unspecified atom stereocenters. The Morgan fingerprint density at radius 2 is 1.27 bits per heavy atom. The lowest BCUT2D eigenvalue weighted by atomic mass is 10.1. The summed E-state index contributed by atoms with van der Waals surface area (Å²) >= 11 is 5.94. The molecule has 0 atom stereocenters. The monoisotopic (exact) mass is 868 g/mol. The van der Waals surface area contributed by atoms with Gasteiger partial charge in [-0.15, -0.1) is 43.1 Å². The molecule has 4 heterocycles. The van der Waals surface area contributed by atoms with Crippen LogP contribution < -0.4 is 15.4 Å². The zero-order valence-electron chi connectivity index (χ0n) is 32.9. The molecule has 0 aliphatic heterocycles. The van der Waals surface area contributed by atoms with Gasteiger partial charge in [0.15, 0.2) is 22.0 Å². The summed E-state index contributed by atoms with van der Waals surface area (Å²) in [5.74, 6) is 2.16. The number of carbonyl (C=O) groups is 2. The zero-order valence-corrected chi connectivity index (χ0v) is 36.2. The lowest BCUT2D eigenvalue weighted by Crippen LogP contribution is -2.34. The van der Waals surface area contributed by atoms with Gasteiger partial charge >= 0.3 is 0 Å². The third kappa shape index (κ3) is 9.71. The predicted octanol–water partition coefficient (Wildman–Crippen LogP) is 10.3. The lowest BCUT2D eigenvalue weighted by molar-refractivity contribution is -0.117. The van der Waals surface area contributed by atoms with E-state index in [1.807, 2.05) is 139 Å². The molecule has 8 aromatic rings. The summed E-state index contributed by atoms with van der Waals surface area (Å²) in [4.78, 5) is 29.6. The molecule has 4 aromatic carbocycles. The summed E-state index contributed by atoms with van der Waals surface area (Å²) in [7, 11) is 1.65. The van der Waals surface area contributed by atoms with E-state index < -0.39 is 4.75 Å². The summed E-state index contributed by atoms with van der Waals surface area (Å²) in [6, 6.07) is 43.4. The number of rotatable bonds is 16. The molecular weight excluding hydrogens is 829 g/mol. The lowest BCUT2D eigenvalue weighted by Gasteiger charge is -2.23. The van der Waals surface area contributed by atoms with Crippen LogP contribution in [0.5, 0.6) is 5.75 Å². The molecule has 0 saturated heterocycles. The van der Waals surface area contributed by atoms with Crippen LogP contribution in [0.15, 0.2) is 149 Å². The number of thiophene rings is 2. The first kappa shape index (κ1) is 40.8. The molecule has 0 saturated carbocycles. The van der Waals surface area contributed by atoms with Crippen molar-refractivity contribution in [2.24, 2.45) is 0 Å². The fraction of sp³-hybridized carbons (Fsp3) is 0.156. The van der Waals surface area contributed by atoms with E-state index in [0.717, 1.165) is 48.6 Å². The molecule has 0 aliphatic rings. The number of carbonyl (C=O) groups excluding carboxylic acids is 2. The number of anilines is 2. The van der Waals surface area contributed by atoms with Crippen molar-refractivity contribution in [1.29, 1.82) is 0 Å². The van der Waals surface area contributed by atoms with Crippen LogP contribution in [0, 0.1) is 0 Å². The maximum atomic E-state index is 13.8. The average molecular weight is 869 g/mol. The maximum absolute atomic E-state index is 13.8. The molecule has 2 N–H and O–H groups in total. The summed E-state index contributed by atoms with van der Waals surface area (Å²) < 4.78 is 8.63. The Kier molecular flexibility index (Phi) is 12.6. The molecule has 8 rings (SSSR count). The van der Waals surface area contributed by atoms with Crippen molar-refractivity contribution in [2.75, 3.05) is 23.5 Å². The van der Waals surface area contributed by atoms with Crippen LogP contribution in [-0.4, -0.2) is 59.0 Å². The fourth-order valence-electron chi connectivity index (χ4n) is 6.23. The van der Waals surface area contributed by atoms with E-state index in [1.54, 1.807) is 29.8 Å². The zero-order chi connectivity index (χ0) is 41.5. The number of ether oxygens (including phenoxy) is 1. The summed E-state index contributed by atoms with van der Waals surface area (Å²) in [5, 5.41) is 27.6. The molecule has 0 aliphatic carbocycles. The van der Waals surface area contributed by atoms with Crippen molar-refractivity contribution in [3.63, 3.8) is 0 Å². The Bertz CT molecular complexity index is 2680. The van der Waals surface area contributed by atoms with Gasteiger partial charge in [0.25, 0.3) is 0 Å². The first-order valence-corrected chi connectivity index (χ1v) is 22.5. The number of aromatic nitrogens is 6. The van der Waals surface area contributed by atoms with E-state index in [2.05, 4.69) is 53.8 Å². The molecule has 15 heteroatoms. The second-order valence-corrected chi connectivity index (χ2v) is 18.7. The summed E-state index contributed by atoms with van der Waals surface area (Å²) in [5.41, 5.74) is 4.60. The van der Waals surface area contributed by atoms with E-state index in [4.69, 9.17) is 4.74 Å².